The van der Waals surface area contributed by atoms with Gasteiger partial charge in [-0.3, -0.25) is 14.2 Å². The smallest absolute Gasteiger partial charge is 0.376 e. The first-order chi connectivity index (χ1) is 12.5. The lowest BCUT2D eigenvalue weighted by atomic mass is 10.1. The van der Waals surface area contributed by atoms with Crippen LogP contribution in [-0.2, 0) is 18.9 Å². The van der Waals surface area contributed by atoms with E-state index in [0.717, 1.165) is 6.20 Å². The summed E-state index contributed by atoms with van der Waals surface area (Å²) >= 11 is 0. The Morgan fingerprint density at radius 2 is 1.74 bits per heavy atom. The Morgan fingerprint density at radius 3 is 2.11 bits per heavy atom. The quantitative estimate of drug-likeness (QED) is 0.203. The summed E-state index contributed by atoms with van der Waals surface area (Å²) in [6, 6.07) is 0. The van der Waals surface area contributed by atoms with E-state index in [-0.39, 0.29) is 18.8 Å². The van der Waals surface area contributed by atoms with Crippen molar-refractivity contribution >= 4 is 30.9 Å². The number of rotatable bonds is 7. The number of H-pyrrole nitrogens is 1. The molecule has 2 rings (SSSR count). The third kappa shape index (κ3) is 7.22. The number of aliphatic carboxylic acids is 2. The minimum Gasteiger partial charge on any atom is -0.481 e. The average molecular weight is 413 g/mol. The lowest BCUT2D eigenvalue weighted by Gasteiger charge is -2.15. The van der Waals surface area contributed by atoms with Crippen molar-refractivity contribution in [3.8, 4) is 0 Å². The van der Waals surface area contributed by atoms with Crippen LogP contribution in [-0.4, -0.2) is 88.4 Å². The van der Waals surface area contributed by atoms with Gasteiger partial charge in [-0.15, -0.1) is 0 Å². The van der Waals surface area contributed by atoms with Gasteiger partial charge < -0.3 is 50.4 Å². The number of aromatic nitrogens is 2. The summed E-state index contributed by atoms with van der Waals surface area (Å²) in [6.45, 7) is -0.470. The first kappa shape index (κ1) is 23.0. The third-order valence-electron chi connectivity index (χ3n) is 3.24. The summed E-state index contributed by atoms with van der Waals surface area (Å²) in [5, 5.41) is 46.4. The van der Waals surface area contributed by atoms with Crippen LogP contribution in [0.2, 0.25) is 0 Å². The van der Waals surface area contributed by atoms with Gasteiger partial charge in [-0.05, 0) is 0 Å². The van der Waals surface area contributed by atoms with Gasteiger partial charge in [0.25, 0.3) is 0 Å². The molecule has 0 aliphatic carbocycles. The number of nitrogens with one attached hydrogen (secondary N) is 2. The van der Waals surface area contributed by atoms with E-state index in [4.69, 9.17) is 29.8 Å². The van der Waals surface area contributed by atoms with E-state index in [2.05, 4.69) is 15.3 Å². The molecule has 0 spiro atoms. The summed E-state index contributed by atoms with van der Waals surface area (Å²) in [5.74, 6) is -2.19. The number of carbonyl (C=O) groups is 2. The average Bonchev–Trinajstić information content (AvgIpc) is 3.14. The number of aliphatic hydroxyl groups excluding tert-OH is 3. The van der Waals surface area contributed by atoms with E-state index in [0.29, 0.717) is 0 Å². The molecule has 14 nitrogen and oxygen atoms in total. The Kier molecular flexibility index (Phi) is 8.30. The van der Waals surface area contributed by atoms with Gasteiger partial charge in [0, 0.05) is 6.20 Å². The fourth-order valence-corrected chi connectivity index (χ4v) is 2.37. The molecule has 154 valence electrons. The molecule has 0 aromatic carbocycles. The van der Waals surface area contributed by atoms with Crippen LogP contribution in [0.4, 0.5) is 5.95 Å². The van der Waals surface area contributed by atoms with Crippen molar-refractivity contribution in [2.24, 2.45) is 0 Å². The highest BCUT2D eigenvalue weighted by molar-refractivity contribution is 7.60. The van der Waals surface area contributed by atoms with Crippen LogP contribution < -0.4 is 10.8 Å². The number of carboxylic acid groups (broad SMARTS) is 2. The predicted octanol–water partition coefficient (Wildman–Crippen LogP) is -3.00. The molecule has 4 atom stereocenters. The molecule has 1 aromatic rings. The third-order valence-corrected chi connectivity index (χ3v) is 4.06. The second-order valence-electron chi connectivity index (χ2n) is 5.34. The largest absolute Gasteiger partial charge is 0.481 e. The minimum atomic E-state index is -4.46. The van der Waals surface area contributed by atoms with Gasteiger partial charge in [-0.1, -0.05) is 0 Å². The normalized spacial score (nSPS) is 24.8. The molecule has 2 heterocycles. The van der Waals surface area contributed by atoms with E-state index in [1.54, 1.807) is 0 Å². The highest BCUT2D eigenvalue weighted by Gasteiger charge is 2.42. The molecule has 9 N–H and O–H groups in total. The van der Waals surface area contributed by atoms with Gasteiger partial charge >= 0.3 is 19.5 Å². The number of aromatic amines is 1. The molecular formula is C12H20N3O11P. The molecule has 15 heteroatoms. The molecule has 1 aromatic heterocycles. The lowest BCUT2D eigenvalue weighted by molar-refractivity contribution is -0.143. The van der Waals surface area contributed by atoms with Gasteiger partial charge in [0.2, 0.25) is 5.95 Å². The number of ether oxygens (including phenoxy) is 1. The highest BCUT2D eigenvalue weighted by atomic mass is 31.2. The highest BCUT2D eigenvalue weighted by Crippen LogP contribution is 2.32. The van der Waals surface area contributed by atoms with Crippen LogP contribution in [0.5, 0.6) is 0 Å². The Labute approximate surface area is 151 Å². The van der Waals surface area contributed by atoms with Crippen LogP contribution in [0.25, 0.3) is 0 Å². The molecule has 0 amide bonds. The molecule has 0 radical (unpaired) electrons. The second-order valence-corrected chi connectivity index (χ2v) is 6.89. The summed E-state index contributed by atoms with van der Waals surface area (Å²) < 4.78 is 16.0. The van der Waals surface area contributed by atoms with E-state index < -0.39 is 56.1 Å². The topological polar surface area (TPSA) is 243 Å². The van der Waals surface area contributed by atoms with Gasteiger partial charge in [-0.25, -0.2) is 4.98 Å². The number of aliphatic hydroxyl groups is 3. The van der Waals surface area contributed by atoms with Crippen molar-refractivity contribution in [3.05, 3.63) is 6.20 Å². The number of nitrogens with zero attached hydrogens (tertiary/aromatic N) is 1. The molecule has 0 saturated carbocycles. The van der Waals surface area contributed by atoms with E-state index >= 15 is 0 Å². The van der Waals surface area contributed by atoms with Crippen molar-refractivity contribution in [2.75, 3.05) is 11.9 Å². The maximum atomic E-state index is 10.9. The Hall–Kier alpha value is -2.06. The molecule has 1 fully saturated rings. The van der Waals surface area contributed by atoms with Gasteiger partial charge in [0.1, 0.15) is 18.3 Å². The zero-order valence-corrected chi connectivity index (χ0v) is 14.6. The number of carboxylic acids is 2. The fraction of sp³-hybridized carbons (Fsp3) is 0.583. The van der Waals surface area contributed by atoms with Crippen LogP contribution in [0.15, 0.2) is 6.20 Å². The number of hydrogen-bond donors (Lipinski definition) is 9. The summed E-state index contributed by atoms with van der Waals surface area (Å²) in [7, 11) is -4.46. The summed E-state index contributed by atoms with van der Waals surface area (Å²) in [6.07, 6.45) is -4.14. The number of imidazole rings is 1. The Bertz CT molecular complexity index is 676. The minimum absolute atomic E-state index is 0.0341. The molecular weight excluding hydrogens is 393 g/mol. The molecule has 1 aliphatic rings. The van der Waals surface area contributed by atoms with Gasteiger partial charge in [-0.2, -0.15) is 0 Å². The van der Waals surface area contributed by atoms with Crippen LogP contribution in [0, 0.1) is 0 Å². The second kappa shape index (κ2) is 9.75. The van der Waals surface area contributed by atoms with Crippen molar-refractivity contribution < 1.29 is 54.2 Å². The van der Waals surface area contributed by atoms with E-state index in [1.807, 2.05) is 0 Å². The monoisotopic (exact) mass is 413 g/mol. The van der Waals surface area contributed by atoms with E-state index in [1.165, 1.54) is 0 Å². The maximum Gasteiger partial charge on any atom is 0.376 e. The zero-order valence-electron chi connectivity index (χ0n) is 13.7. The van der Waals surface area contributed by atoms with Gasteiger partial charge in [0.15, 0.2) is 11.7 Å². The summed E-state index contributed by atoms with van der Waals surface area (Å²) in [5.41, 5.74) is -0.457. The van der Waals surface area contributed by atoms with Gasteiger partial charge in [0.05, 0.1) is 19.4 Å². The lowest BCUT2D eigenvalue weighted by Crippen LogP contribution is -2.36. The molecule has 1 saturated heterocycles. The van der Waals surface area contributed by atoms with Crippen molar-refractivity contribution in [1.29, 1.82) is 0 Å². The Morgan fingerprint density at radius 1 is 1.19 bits per heavy atom. The molecule has 0 bridgehead atoms. The van der Waals surface area contributed by atoms with Crippen LogP contribution in [0.3, 0.4) is 0 Å². The first-order valence-corrected chi connectivity index (χ1v) is 9.01. The van der Waals surface area contributed by atoms with E-state index in [9.17, 15) is 24.4 Å². The molecule has 27 heavy (non-hydrogen) atoms. The summed E-state index contributed by atoms with van der Waals surface area (Å²) in [4.78, 5) is 43.1. The number of hydrogen-bond acceptors (Lipinski definition) is 9. The SMILES string of the molecule is O=C(O)CCC(=O)O.O=P(O)(O)c1c[nH]c(NC2O[C@H](CO)[C@@H](O)[C@H]2O)n1. The number of anilines is 1. The first-order valence-electron chi connectivity index (χ1n) is 7.39. The van der Waals surface area contributed by atoms with Crippen molar-refractivity contribution in [3.63, 3.8) is 0 Å². The Balaban J connectivity index is 0.000000387. The fourth-order valence-electron chi connectivity index (χ4n) is 1.90. The van der Waals surface area contributed by atoms with Crippen LogP contribution in [0.1, 0.15) is 12.8 Å². The van der Waals surface area contributed by atoms with Crippen LogP contribution >= 0.6 is 7.60 Å². The standard InChI is InChI=1S/C8H14N3O7P.C4H6O4/c12-2-3-5(13)6(14)7(18-3)11-8-9-1-4(10-8)19(15,16)17;5-3(6)1-2-4(7)8/h1,3,5-7,12-14H,2H2,(H2,9,10,11)(H2,15,16,17);1-2H2,(H,5,6)(H,7,8)/t3-,5-,6-,7?;/m1./s1. The molecule has 1 aliphatic heterocycles. The van der Waals surface area contributed by atoms with Crippen molar-refractivity contribution in [2.45, 2.75) is 37.4 Å². The molecule has 1 unspecified atom stereocenters. The maximum absolute atomic E-state index is 10.9. The zero-order chi connectivity index (χ0) is 20.8. The van der Waals surface area contributed by atoms with Crippen molar-refractivity contribution in [1.82, 2.24) is 9.97 Å². The predicted molar refractivity (Wildman–Crippen MR) is 86.2 cm³/mol.